The van der Waals surface area contributed by atoms with Crippen molar-refractivity contribution in [3.63, 3.8) is 0 Å². The first kappa shape index (κ1) is 27.7. The van der Waals surface area contributed by atoms with E-state index in [-0.39, 0.29) is 5.97 Å². The Bertz CT molecular complexity index is 520. The summed E-state index contributed by atoms with van der Waals surface area (Å²) >= 11 is 0. The van der Waals surface area contributed by atoms with Crippen LogP contribution in [0.1, 0.15) is 145 Å². The number of benzene rings is 1. The molecule has 1 aromatic rings. The molecule has 0 fully saturated rings. The van der Waals surface area contributed by atoms with Crippen molar-refractivity contribution < 1.29 is 9.53 Å². The molecule has 0 spiro atoms. The van der Waals surface area contributed by atoms with Crippen molar-refractivity contribution >= 4 is 5.97 Å². The van der Waals surface area contributed by atoms with Crippen LogP contribution in [-0.4, -0.2) is 12.6 Å². The summed E-state index contributed by atoms with van der Waals surface area (Å²) in [5.41, 5.74) is 1.98. The van der Waals surface area contributed by atoms with Crippen LogP contribution in [0.2, 0.25) is 0 Å². The molecule has 0 bridgehead atoms. The Morgan fingerprint density at radius 3 is 1.45 bits per heavy atom. The summed E-state index contributed by atoms with van der Waals surface area (Å²) in [7, 11) is 0. The minimum Gasteiger partial charge on any atom is -0.462 e. The molecule has 31 heavy (non-hydrogen) atoms. The van der Waals surface area contributed by atoms with Gasteiger partial charge in [-0.3, -0.25) is 0 Å². The van der Waals surface area contributed by atoms with Gasteiger partial charge in [0.15, 0.2) is 0 Å². The maximum atomic E-state index is 12.1. The first-order valence-electron chi connectivity index (χ1n) is 13.5. The SMILES string of the molecule is CCCCCCCCCCCCCCCCCCOC(=O)c1ccc(CCCC)cc1. The average Bonchev–Trinajstić information content (AvgIpc) is 2.80. The van der Waals surface area contributed by atoms with Crippen molar-refractivity contribution in [1.82, 2.24) is 0 Å². The second kappa shape index (κ2) is 20.6. The molecule has 1 rings (SSSR count). The summed E-state index contributed by atoms with van der Waals surface area (Å²) in [6.45, 7) is 5.03. The minimum atomic E-state index is -0.178. The van der Waals surface area contributed by atoms with Crippen LogP contribution in [0, 0.1) is 0 Å². The predicted octanol–water partition coefficient (Wildman–Crippen LogP) is 9.45. The molecular weight excluding hydrogens is 380 g/mol. The van der Waals surface area contributed by atoms with Gasteiger partial charge in [-0.2, -0.15) is 0 Å². The maximum absolute atomic E-state index is 12.1. The number of aryl methyl sites for hydroxylation is 1. The van der Waals surface area contributed by atoms with Crippen LogP contribution >= 0.6 is 0 Å². The van der Waals surface area contributed by atoms with E-state index >= 15 is 0 Å². The number of ether oxygens (including phenoxy) is 1. The third-order valence-electron chi connectivity index (χ3n) is 6.24. The Hall–Kier alpha value is -1.31. The zero-order valence-corrected chi connectivity index (χ0v) is 20.8. The number of carbonyl (C=O) groups is 1. The Labute approximate surface area is 193 Å². The predicted molar refractivity (Wildman–Crippen MR) is 135 cm³/mol. The molecular formula is C29H50O2. The monoisotopic (exact) mass is 430 g/mol. The van der Waals surface area contributed by atoms with Gasteiger partial charge in [0.25, 0.3) is 0 Å². The zero-order valence-electron chi connectivity index (χ0n) is 20.8. The molecule has 0 unspecified atom stereocenters. The number of unbranched alkanes of at least 4 members (excludes halogenated alkanes) is 16. The molecule has 0 aliphatic heterocycles. The van der Waals surface area contributed by atoms with Crippen LogP contribution in [0.15, 0.2) is 24.3 Å². The van der Waals surface area contributed by atoms with E-state index in [1.807, 2.05) is 12.1 Å². The van der Waals surface area contributed by atoms with Gasteiger partial charge in [-0.1, -0.05) is 129 Å². The lowest BCUT2D eigenvalue weighted by Gasteiger charge is -2.06. The minimum absolute atomic E-state index is 0.178. The van der Waals surface area contributed by atoms with Crippen molar-refractivity contribution in [2.24, 2.45) is 0 Å². The van der Waals surface area contributed by atoms with Crippen LogP contribution < -0.4 is 0 Å². The van der Waals surface area contributed by atoms with Gasteiger partial charge in [-0.05, 0) is 37.0 Å². The van der Waals surface area contributed by atoms with Gasteiger partial charge in [0.05, 0.1) is 12.2 Å². The highest BCUT2D eigenvalue weighted by molar-refractivity contribution is 5.89. The fraction of sp³-hybridized carbons (Fsp3) is 0.759. The maximum Gasteiger partial charge on any atom is 0.338 e. The van der Waals surface area contributed by atoms with E-state index in [0.29, 0.717) is 12.2 Å². The lowest BCUT2D eigenvalue weighted by Crippen LogP contribution is -2.06. The van der Waals surface area contributed by atoms with Gasteiger partial charge in [0, 0.05) is 0 Å². The van der Waals surface area contributed by atoms with Crippen LogP contribution in [0.3, 0.4) is 0 Å². The average molecular weight is 431 g/mol. The molecule has 0 heterocycles. The van der Waals surface area contributed by atoms with E-state index in [4.69, 9.17) is 4.74 Å². The summed E-state index contributed by atoms with van der Waals surface area (Å²) in [5, 5.41) is 0. The van der Waals surface area contributed by atoms with Crippen molar-refractivity contribution in [3.05, 3.63) is 35.4 Å². The van der Waals surface area contributed by atoms with E-state index in [0.717, 1.165) is 12.8 Å². The van der Waals surface area contributed by atoms with Crippen LogP contribution in [0.5, 0.6) is 0 Å². The topological polar surface area (TPSA) is 26.3 Å². The fourth-order valence-corrected chi connectivity index (χ4v) is 4.09. The second-order valence-corrected chi connectivity index (χ2v) is 9.24. The molecule has 0 saturated carbocycles. The summed E-state index contributed by atoms with van der Waals surface area (Å²) in [6, 6.07) is 7.92. The van der Waals surface area contributed by atoms with Crippen LogP contribution in [0.25, 0.3) is 0 Å². The Morgan fingerprint density at radius 2 is 1.00 bits per heavy atom. The van der Waals surface area contributed by atoms with Crippen LogP contribution in [-0.2, 0) is 11.2 Å². The van der Waals surface area contributed by atoms with E-state index in [1.165, 1.54) is 115 Å². The summed E-state index contributed by atoms with van der Waals surface area (Å²) in [4.78, 5) is 12.1. The second-order valence-electron chi connectivity index (χ2n) is 9.24. The number of rotatable bonds is 21. The van der Waals surface area contributed by atoms with Gasteiger partial charge in [-0.25, -0.2) is 4.79 Å². The Morgan fingerprint density at radius 1 is 0.581 bits per heavy atom. The molecule has 0 atom stereocenters. The molecule has 0 aliphatic carbocycles. The number of hydrogen-bond donors (Lipinski definition) is 0. The van der Waals surface area contributed by atoms with Crippen molar-refractivity contribution in [2.45, 2.75) is 136 Å². The van der Waals surface area contributed by atoms with Crippen LogP contribution in [0.4, 0.5) is 0 Å². The van der Waals surface area contributed by atoms with Gasteiger partial charge in [0.2, 0.25) is 0 Å². The summed E-state index contributed by atoms with van der Waals surface area (Å²) in [5.74, 6) is -0.178. The lowest BCUT2D eigenvalue weighted by molar-refractivity contribution is 0.0497. The molecule has 2 heteroatoms. The smallest absolute Gasteiger partial charge is 0.338 e. The van der Waals surface area contributed by atoms with E-state index in [1.54, 1.807) is 0 Å². The van der Waals surface area contributed by atoms with Gasteiger partial charge < -0.3 is 4.74 Å². The van der Waals surface area contributed by atoms with Crippen molar-refractivity contribution in [1.29, 1.82) is 0 Å². The summed E-state index contributed by atoms with van der Waals surface area (Å²) < 4.78 is 5.43. The van der Waals surface area contributed by atoms with E-state index in [2.05, 4.69) is 26.0 Å². The first-order valence-corrected chi connectivity index (χ1v) is 13.5. The van der Waals surface area contributed by atoms with Gasteiger partial charge >= 0.3 is 5.97 Å². The molecule has 178 valence electrons. The largest absolute Gasteiger partial charge is 0.462 e. The Balaban J connectivity index is 1.85. The molecule has 0 amide bonds. The quantitative estimate of drug-likeness (QED) is 0.143. The lowest BCUT2D eigenvalue weighted by atomic mass is 10.0. The number of hydrogen-bond acceptors (Lipinski definition) is 2. The van der Waals surface area contributed by atoms with Gasteiger partial charge in [0.1, 0.15) is 0 Å². The molecule has 0 N–H and O–H groups in total. The fourth-order valence-electron chi connectivity index (χ4n) is 4.09. The third kappa shape index (κ3) is 16.0. The van der Waals surface area contributed by atoms with E-state index < -0.39 is 0 Å². The zero-order chi connectivity index (χ0) is 22.4. The normalized spacial score (nSPS) is 11.0. The molecule has 1 aromatic carbocycles. The first-order chi connectivity index (χ1) is 15.3. The van der Waals surface area contributed by atoms with Gasteiger partial charge in [-0.15, -0.1) is 0 Å². The summed E-state index contributed by atoms with van der Waals surface area (Å²) in [6.07, 6.45) is 25.2. The van der Waals surface area contributed by atoms with Crippen molar-refractivity contribution in [2.75, 3.05) is 6.61 Å². The standard InChI is InChI=1S/C29H50O2/c1-3-5-7-8-9-10-11-12-13-14-15-16-17-18-19-20-26-31-29(30)28-24-22-27(23-25-28)21-6-4-2/h22-25H,3-21,26H2,1-2H3. The molecule has 0 aliphatic rings. The molecule has 0 radical (unpaired) electrons. The van der Waals surface area contributed by atoms with E-state index in [9.17, 15) is 4.79 Å². The molecule has 0 saturated heterocycles. The number of esters is 1. The number of carbonyl (C=O) groups excluding carboxylic acids is 1. The highest BCUT2D eigenvalue weighted by atomic mass is 16.5. The Kier molecular flexibility index (Phi) is 18.4. The highest BCUT2D eigenvalue weighted by Gasteiger charge is 2.06. The highest BCUT2D eigenvalue weighted by Crippen LogP contribution is 2.14. The van der Waals surface area contributed by atoms with Crippen molar-refractivity contribution in [3.8, 4) is 0 Å². The molecule has 2 nitrogen and oxygen atoms in total. The molecule has 0 aromatic heterocycles. The third-order valence-corrected chi connectivity index (χ3v) is 6.24.